The fraction of sp³-hybridized carbons (Fsp3) is 0.105. The molecule has 6 nitrogen and oxygen atoms in total. The molecule has 3 N–H and O–H groups in total. The first-order chi connectivity index (χ1) is 13.9. The summed E-state index contributed by atoms with van der Waals surface area (Å²) in [6.45, 7) is 1.83. The molecule has 1 heterocycles. The van der Waals surface area contributed by atoms with Crippen LogP contribution in [0.2, 0.25) is 15.1 Å². The topological polar surface area (TPSA) is 89.6 Å². The molecular weight excluding hydrogens is 455 g/mol. The van der Waals surface area contributed by atoms with Crippen molar-refractivity contribution in [1.82, 2.24) is 10.4 Å². The summed E-state index contributed by atoms with van der Waals surface area (Å²) in [5.41, 5.74) is 9.87. The van der Waals surface area contributed by atoms with Crippen molar-refractivity contribution in [3.8, 4) is 5.75 Å². The number of halogens is 3. The second-order valence-corrected chi connectivity index (χ2v) is 8.04. The second-order valence-electron chi connectivity index (χ2n) is 5.81. The summed E-state index contributed by atoms with van der Waals surface area (Å²) in [4.78, 5) is 16.6. The van der Waals surface area contributed by atoms with Gasteiger partial charge in [0.25, 0.3) is 5.91 Å². The van der Waals surface area contributed by atoms with E-state index in [4.69, 9.17) is 45.3 Å². The van der Waals surface area contributed by atoms with Crippen LogP contribution in [0, 0.1) is 6.92 Å². The number of nitrogen functional groups attached to an aromatic ring is 1. The van der Waals surface area contributed by atoms with Crippen LogP contribution in [-0.4, -0.2) is 17.1 Å². The zero-order chi connectivity index (χ0) is 21.0. The maximum Gasteiger partial charge on any atom is 0.283 e. The van der Waals surface area contributed by atoms with Gasteiger partial charge in [0.1, 0.15) is 17.2 Å². The van der Waals surface area contributed by atoms with Crippen molar-refractivity contribution in [3.63, 3.8) is 0 Å². The van der Waals surface area contributed by atoms with E-state index in [2.05, 4.69) is 15.5 Å². The number of rotatable bonds is 6. The van der Waals surface area contributed by atoms with E-state index in [1.165, 1.54) is 6.21 Å². The molecule has 0 unspecified atom stereocenters. The molecule has 0 spiro atoms. The summed E-state index contributed by atoms with van der Waals surface area (Å²) in [6.07, 6.45) is 1.48. The molecule has 0 aliphatic heterocycles. The molecule has 10 heteroatoms. The number of para-hydroxylation sites is 1. The molecule has 0 bridgehead atoms. The summed E-state index contributed by atoms with van der Waals surface area (Å²) in [6, 6.07) is 10.5. The van der Waals surface area contributed by atoms with Crippen LogP contribution < -0.4 is 15.9 Å². The molecule has 0 saturated carbocycles. The van der Waals surface area contributed by atoms with Crippen molar-refractivity contribution in [3.05, 3.63) is 73.2 Å². The van der Waals surface area contributed by atoms with Crippen LogP contribution in [0.5, 0.6) is 5.75 Å². The molecule has 0 saturated heterocycles. The van der Waals surface area contributed by atoms with Gasteiger partial charge in [-0.1, -0.05) is 58.3 Å². The van der Waals surface area contributed by atoms with E-state index in [1.807, 2.05) is 12.1 Å². The average molecular weight is 470 g/mol. The lowest BCUT2D eigenvalue weighted by Crippen LogP contribution is -2.17. The molecule has 3 aromatic rings. The number of thiazole rings is 1. The Labute approximate surface area is 186 Å². The first kappa shape index (κ1) is 21.4. The van der Waals surface area contributed by atoms with Crippen molar-refractivity contribution in [1.29, 1.82) is 0 Å². The number of hydrogen-bond acceptors (Lipinski definition) is 6. The maximum atomic E-state index is 12.2. The minimum atomic E-state index is -0.385. The molecular formula is C19H15Cl3N4O2S. The van der Waals surface area contributed by atoms with Crippen LogP contribution in [0.3, 0.4) is 0 Å². The summed E-state index contributed by atoms with van der Waals surface area (Å²) in [5, 5.41) is 5.52. The lowest BCUT2D eigenvalue weighted by molar-refractivity contribution is 0.0958. The predicted molar refractivity (Wildman–Crippen MR) is 119 cm³/mol. The number of carbonyl (C=O) groups excluding carboxylic acids is 1. The van der Waals surface area contributed by atoms with E-state index in [0.717, 1.165) is 11.3 Å². The van der Waals surface area contributed by atoms with Gasteiger partial charge in [-0.3, -0.25) is 4.79 Å². The van der Waals surface area contributed by atoms with E-state index >= 15 is 0 Å². The van der Waals surface area contributed by atoms with Crippen LogP contribution >= 0.6 is 46.1 Å². The summed E-state index contributed by atoms with van der Waals surface area (Å²) in [7, 11) is 0. The lowest BCUT2D eigenvalue weighted by atomic mass is 10.2. The van der Waals surface area contributed by atoms with Gasteiger partial charge in [-0.15, -0.1) is 0 Å². The van der Waals surface area contributed by atoms with Crippen molar-refractivity contribution in [2.45, 2.75) is 13.5 Å². The number of nitrogens with two attached hydrogens (primary N) is 1. The van der Waals surface area contributed by atoms with Gasteiger partial charge >= 0.3 is 0 Å². The largest absolute Gasteiger partial charge is 0.488 e. The normalized spacial score (nSPS) is 11.0. The highest BCUT2D eigenvalue weighted by Gasteiger charge is 2.14. The third-order valence-electron chi connectivity index (χ3n) is 3.82. The Balaban J connectivity index is 1.71. The number of hydrogen-bond donors (Lipinski definition) is 2. The molecule has 0 fully saturated rings. The van der Waals surface area contributed by atoms with Gasteiger partial charge in [0.15, 0.2) is 5.13 Å². The molecule has 150 valence electrons. The van der Waals surface area contributed by atoms with Gasteiger partial charge in [-0.25, -0.2) is 10.4 Å². The molecule has 3 rings (SSSR count). The van der Waals surface area contributed by atoms with E-state index in [1.54, 1.807) is 31.2 Å². The molecule has 1 aromatic heterocycles. The number of nitrogens with zero attached hydrogens (tertiary/aromatic N) is 2. The lowest BCUT2D eigenvalue weighted by Gasteiger charge is -2.12. The van der Waals surface area contributed by atoms with Crippen molar-refractivity contribution < 1.29 is 9.53 Å². The molecule has 29 heavy (non-hydrogen) atoms. The Morgan fingerprint density at radius 1 is 1.24 bits per heavy atom. The molecule has 0 radical (unpaired) electrons. The molecule has 1 amide bonds. The van der Waals surface area contributed by atoms with Gasteiger partial charge in [-0.05, 0) is 31.2 Å². The Morgan fingerprint density at radius 2 is 1.97 bits per heavy atom. The second kappa shape index (κ2) is 9.45. The third kappa shape index (κ3) is 5.19. The SMILES string of the molecule is Cc1nc(N)sc1C(=O)NN=Cc1ccccc1OCc1c(Cl)ccc(Cl)c1Cl. The third-order valence-corrected chi connectivity index (χ3v) is 6.00. The van der Waals surface area contributed by atoms with Crippen LogP contribution in [0.15, 0.2) is 41.5 Å². The number of aryl methyl sites for hydroxylation is 1. The van der Waals surface area contributed by atoms with Gasteiger partial charge in [0, 0.05) is 16.1 Å². The number of aromatic nitrogens is 1. The zero-order valence-electron chi connectivity index (χ0n) is 15.1. The minimum Gasteiger partial charge on any atom is -0.488 e. The van der Waals surface area contributed by atoms with Gasteiger partial charge < -0.3 is 10.5 Å². The Kier molecular flexibility index (Phi) is 6.97. The van der Waals surface area contributed by atoms with Gasteiger partial charge in [0.2, 0.25) is 0 Å². The standard InChI is InChI=1S/C19H15Cl3N4O2S/c1-10-17(29-19(23)25-10)18(27)26-24-8-11-4-2-3-5-15(11)28-9-12-13(20)6-7-14(21)16(12)22/h2-8H,9H2,1H3,(H2,23,25)(H,26,27). The number of benzene rings is 2. The van der Waals surface area contributed by atoms with Crippen molar-refractivity contribution in [2.24, 2.45) is 5.10 Å². The van der Waals surface area contributed by atoms with E-state index in [0.29, 0.717) is 47.6 Å². The predicted octanol–water partition coefficient (Wildman–Crippen LogP) is 5.34. The Morgan fingerprint density at radius 3 is 2.69 bits per heavy atom. The minimum absolute atomic E-state index is 0.120. The number of amides is 1. The smallest absolute Gasteiger partial charge is 0.283 e. The van der Waals surface area contributed by atoms with Crippen molar-refractivity contribution >= 4 is 63.4 Å². The first-order valence-electron chi connectivity index (χ1n) is 8.27. The quantitative estimate of drug-likeness (QED) is 0.290. The van der Waals surface area contributed by atoms with Crippen LogP contribution in [0.4, 0.5) is 5.13 Å². The Bertz CT molecular complexity index is 1090. The van der Waals surface area contributed by atoms with Gasteiger partial charge in [-0.2, -0.15) is 5.10 Å². The first-order valence-corrected chi connectivity index (χ1v) is 10.2. The van der Waals surface area contributed by atoms with E-state index < -0.39 is 0 Å². The number of carbonyl (C=O) groups is 1. The fourth-order valence-electron chi connectivity index (χ4n) is 2.41. The number of nitrogens with one attached hydrogen (secondary N) is 1. The Hall–Kier alpha value is -2.32. The summed E-state index contributed by atoms with van der Waals surface area (Å²) < 4.78 is 5.85. The van der Waals surface area contributed by atoms with E-state index in [-0.39, 0.29) is 12.5 Å². The summed E-state index contributed by atoms with van der Waals surface area (Å²) in [5.74, 6) is 0.152. The van der Waals surface area contributed by atoms with Crippen LogP contribution in [0.1, 0.15) is 26.5 Å². The highest BCUT2D eigenvalue weighted by Crippen LogP contribution is 2.32. The number of anilines is 1. The maximum absolute atomic E-state index is 12.2. The average Bonchev–Trinajstić information content (AvgIpc) is 3.04. The van der Waals surface area contributed by atoms with Crippen molar-refractivity contribution in [2.75, 3.05) is 5.73 Å². The highest BCUT2D eigenvalue weighted by molar-refractivity contribution is 7.17. The van der Waals surface area contributed by atoms with Crippen LogP contribution in [-0.2, 0) is 6.61 Å². The van der Waals surface area contributed by atoms with E-state index in [9.17, 15) is 4.79 Å². The number of hydrazone groups is 1. The number of ether oxygens (including phenoxy) is 1. The fourth-order valence-corrected chi connectivity index (χ4v) is 3.79. The monoisotopic (exact) mass is 468 g/mol. The molecule has 0 atom stereocenters. The summed E-state index contributed by atoms with van der Waals surface area (Å²) >= 11 is 19.5. The zero-order valence-corrected chi connectivity index (χ0v) is 18.2. The molecule has 0 aliphatic carbocycles. The van der Waals surface area contributed by atoms with Gasteiger partial charge in [0.05, 0.1) is 22.0 Å². The molecule has 2 aromatic carbocycles. The highest BCUT2D eigenvalue weighted by atomic mass is 35.5. The molecule has 0 aliphatic rings. The van der Waals surface area contributed by atoms with Crippen LogP contribution in [0.25, 0.3) is 0 Å².